The molecule has 0 saturated heterocycles. The Kier molecular flexibility index (Phi) is 8.29. The van der Waals surface area contributed by atoms with Crippen molar-refractivity contribution in [3.8, 4) is 5.75 Å². The summed E-state index contributed by atoms with van der Waals surface area (Å²) in [6, 6.07) is 21.4. The van der Waals surface area contributed by atoms with Gasteiger partial charge in [-0.2, -0.15) is 0 Å². The quantitative estimate of drug-likeness (QED) is 0.0584. The molecular formula is C46H41N3O5. The van der Waals surface area contributed by atoms with Crippen molar-refractivity contribution >= 4 is 83.3 Å². The maximum atomic E-state index is 14.5. The lowest BCUT2D eigenvalue weighted by molar-refractivity contribution is 0.0516. The standard InChI is InChI=1S/C46H41N3O5/c1-3-5-7-9-12-26(13-10-8-6-4-2)48-43(51)32-19-15-27-29-17-21-34-41-35(22-18-30(39(29)41)28-16-20-33(44(48)52)40(32)38(27)28)46(54)49(45(34)53)36-23-24-37(50)42-31(36)14-11-25-47-42/h11,14-26,50H,3-10,12-13H2,1-2H3. The summed E-state index contributed by atoms with van der Waals surface area (Å²) in [4.78, 5) is 64.6. The Labute approximate surface area is 312 Å². The van der Waals surface area contributed by atoms with Crippen LogP contribution in [0.25, 0.3) is 54.0 Å². The van der Waals surface area contributed by atoms with E-state index >= 15 is 0 Å². The van der Waals surface area contributed by atoms with E-state index in [4.69, 9.17) is 0 Å². The van der Waals surface area contributed by atoms with E-state index < -0.39 is 11.8 Å². The van der Waals surface area contributed by atoms with E-state index in [1.807, 2.05) is 36.4 Å². The van der Waals surface area contributed by atoms with Crippen molar-refractivity contribution in [3.63, 3.8) is 0 Å². The van der Waals surface area contributed by atoms with Crippen LogP contribution >= 0.6 is 0 Å². The van der Waals surface area contributed by atoms with Gasteiger partial charge in [0.25, 0.3) is 23.6 Å². The number of fused-ring (bicyclic) bond motifs is 3. The number of amides is 4. The number of pyridine rings is 1. The molecule has 0 bridgehead atoms. The minimum absolute atomic E-state index is 0.0373. The van der Waals surface area contributed by atoms with Crippen LogP contribution in [0.2, 0.25) is 0 Å². The van der Waals surface area contributed by atoms with Gasteiger partial charge in [-0.1, -0.05) is 89.5 Å². The van der Waals surface area contributed by atoms with Gasteiger partial charge in [0.05, 0.1) is 5.69 Å². The molecule has 9 rings (SSSR count). The predicted octanol–water partition coefficient (Wildman–Crippen LogP) is 10.7. The number of aromatic nitrogens is 1. The Morgan fingerprint density at radius 3 is 1.50 bits per heavy atom. The second kappa shape index (κ2) is 13.2. The second-order valence-corrected chi connectivity index (χ2v) is 14.9. The molecule has 270 valence electrons. The number of benzene rings is 6. The van der Waals surface area contributed by atoms with E-state index in [9.17, 15) is 24.3 Å². The minimum atomic E-state index is -0.460. The Bertz CT molecular complexity index is 2580. The van der Waals surface area contributed by atoms with Crippen LogP contribution in [0.5, 0.6) is 5.75 Å². The van der Waals surface area contributed by atoms with Crippen LogP contribution in [0.1, 0.15) is 119 Å². The van der Waals surface area contributed by atoms with Crippen molar-refractivity contribution in [1.82, 2.24) is 9.88 Å². The fourth-order valence-electron chi connectivity index (χ4n) is 9.19. The number of nitrogens with zero attached hydrogens (tertiary/aromatic N) is 3. The van der Waals surface area contributed by atoms with Crippen LogP contribution in [-0.4, -0.2) is 44.7 Å². The first-order valence-electron chi connectivity index (χ1n) is 19.4. The smallest absolute Gasteiger partial charge is 0.266 e. The summed E-state index contributed by atoms with van der Waals surface area (Å²) < 4.78 is 0. The first kappa shape index (κ1) is 33.9. The molecular weight excluding hydrogens is 675 g/mol. The molecule has 1 aromatic heterocycles. The normalized spacial score (nSPS) is 14.4. The first-order valence-corrected chi connectivity index (χ1v) is 19.4. The number of phenols is 1. The Balaban J connectivity index is 1.18. The van der Waals surface area contributed by atoms with Gasteiger partial charge < -0.3 is 5.11 Å². The molecule has 7 aromatic rings. The number of aromatic hydroxyl groups is 1. The lowest BCUT2D eigenvalue weighted by Gasteiger charge is -2.35. The van der Waals surface area contributed by atoms with Gasteiger partial charge in [0.1, 0.15) is 11.3 Å². The van der Waals surface area contributed by atoms with E-state index in [0.29, 0.717) is 49.6 Å². The van der Waals surface area contributed by atoms with E-state index in [-0.39, 0.29) is 23.6 Å². The molecule has 54 heavy (non-hydrogen) atoms. The number of unbranched alkanes of at least 4 members (excludes halogenated alkanes) is 6. The second-order valence-electron chi connectivity index (χ2n) is 14.9. The number of hydrogen-bond donors (Lipinski definition) is 1. The number of imide groups is 2. The summed E-state index contributed by atoms with van der Waals surface area (Å²) in [6.45, 7) is 4.37. The van der Waals surface area contributed by atoms with Crippen molar-refractivity contribution in [3.05, 3.63) is 101 Å². The molecule has 2 aliphatic rings. The average Bonchev–Trinajstić information content (AvgIpc) is 3.19. The summed E-state index contributed by atoms with van der Waals surface area (Å²) in [5, 5.41) is 17.3. The minimum Gasteiger partial charge on any atom is -0.506 e. The van der Waals surface area contributed by atoms with Crippen LogP contribution < -0.4 is 4.90 Å². The highest BCUT2D eigenvalue weighted by atomic mass is 16.3. The lowest BCUT2D eigenvalue weighted by Crippen LogP contribution is -2.47. The van der Waals surface area contributed by atoms with E-state index in [0.717, 1.165) is 96.5 Å². The molecule has 0 unspecified atom stereocenters. The maximum Gasteiger partial charge on any atom is 0.266 e. The summed E-state index contributed by atoms with van der Waals surface area (Å²) in [5.74, 6) is -1.41. The molecule has 6 aromatic carbocycles. The fourth-order valence-corrected chi connectivity index (χ4v) is 9.19. The van der Waals surface area contributed by atoms with Gasteiger partial charge in [-0.3, -0.25) is 29.1 Å². The first-order chi connectivity index (χ1) is 26.3. The van der Waals surface area contributed by atoms with Gasteiger partial charge in [0.15, 0.2) is 0 Å². The zero-order valence-corrected chi connectivity index (χ0v) is 30.6. The fraction of sp³-hybridized carbons (Fsp3) is 0.283. The van der Waals surface area contributed by atoms with E-state index in [2.05, 4.69) is 18.8 Å². The summed E-state index contributed by atoms with van der Waals surface area (Å²) in [7, 11) is 0. The van der Waals surface area contributed by atoms with Crippen molar-refractivity contribution in [2.45, 2.75) is 84.1 Å². The summed E-state index contributed by atoms with van der Waals surface area (Å²) in [5.41, 5.74) is 2.54. The molecule has 8 nitrogen and oxygen atoms in total. The van der Waals surface area contributed by atoms with Crippen LogP contribution in [0.4, 0.5) is 5.69 Å². The zero-order valence-electron chi connectivity index (χ0n) is 30.6. The summed E-state index contributed by atoms with van der Waals surface area (Å²) >= 11 is 0. The van der Waals surface area contributed by atoms with Gasteiger partial charge in [-0.25, -0.2) is 4.90 Å². The van der Waals surface area contributed by atoms with E-state index in [1.54, 1.807) is 41.4 Å². The third-order valence-corrected chi connectivity index (χ3v) is 11.8. The average molecular weight is 716 g/mol. The molecule has 3 heterocycles. The molecule has 0 aliphatic carbocycles. The van der Waals surface area contributed by atoms with Crippen molar-refractivity contribution in [1.29, 1.82) is 0 Å². The Morgan fingerprint density at radius 1 is 0.537 bits per heavy atom. The van der Waals surface area contributed by atoms with Crippen LogP contribution in [-0.2, 0) is 0 Å². The largest absolute Gasteiger partial charge is 0.506 e. The molecule has 4 amide bonds. The number of anilines is 1. The van der Waals surface area contributed by atoms with Gasteiger partial charge in [0, 0.05) is 50.7 Å². The third-order valence-electron chi connectivity index (χ3n) is 11.8. The topological polar surface area (TPSA) is 108 Å². The van der Waals surface area contributed by atoms with Crippen LogP contribution in [0, 0.1) is 0 Å². The molecule has 0 radical (unpaired) electrons. The maximum absolute atomic E-state index is 14.5. The number of hydrogen-bond acceptors (Lipinski definition) is 6. The summed E-state index contributed by atoms with van der Waals surface area (Å²) in [6.07, 6.45) is 11.9. The monoisotopic (exact) mass is 715 g/mol. The third kappa shape index (κ3) is 4.92. The van der Waals surface area contributed by atoms with Gasteiger partial charge in [0.2, 0.25) is 0 Å². The van der Waals surface area contributed by atoms with Crippen molar-refractivity contribution in [2.24, 2.45) is 0 Å². The SMILES string of the molecule is CCCCCCC(CCCCCC)N1C(=O)c2ccc3c4ccc5c6c(ccc(c7ccc(c2c37)C1=O)c64)C(=O)N(c1ccc(O)c2ncccc12)C5=O. The zero-order chi connectivity index (χ0) is 37.2. The Morgan fingerprint density at radius 2 is 1.02 bits per heavy atom. The molecule has 2 aliphatic heterocycles. The molecule has 1 N–H and O–H groups in total. The molecule has 8 heteroatoms. The van der Waals surface area contributed by atoms with Gasteiger partial charge in [-0.15, -0.1) is 0 Å². The highest BCUT2D eigenvalue weighted by Crippen LogP contribution is 2.47. The van der Waals surface area contributed by atoms with Crippen LogP contribution in [0.3, 0.4) is 0 Å². The number of carbonyl (C=O) groups is 4. The Hall–Kier alpha value is -5.89. The predicted molar refractivity (Wildman–Crippen MR) is 214 cm³/mol. The van der Waals surface area contributed by atoms with E-state index in [1.165, 1.54) is 11.0 Å². The highest BCUT2D eigenvalue weighted by Gasteiger charge is 2.39. The van der Waals surface area contributed by atoms with Crippen molar-refractivity contribution in [2.75, 3.05) is 4.90 Å². The molecule has 0 spiro atoms. The number of carbonyl (C=O) groups excluding carboxylic acids is 4. The highest BCUT2D eigenvalue weighted by molar-refractivity contribution is 6.44. The number of rotatable bonds is 12. The van der Waals surface area contributed by atoms with Crippen molar-refractivity contribution < 1.29 is 24.3 Å². The molecule has 0 saturated carbocycles. The van der Waals surface area contributed by atoms with Gasteiger partial charge in [-0.05, 0) is 93.7 Å². The lowest BCUT2D eigenvalue weighted by atomic mass is 9.82. The number of phenolic OH excluding ortho intramolecular Hbond substituents is 1. The molecule has 0 fully saturated rings. The van der Waals surface area contributed by atoms with Gasteiger partial charge >= 0.3 is 0 Å². The molecule has 0 atom stereocenters. The van der Waals surface area contributed by atoms with Crippen LogP contribution in [0.15, 0.2) is 79.0 Å².